The molecule has 20 heavy (non-hydrogen) atoms. The van der Waals surface area contributed by atoms with Crippen molar-refractivity contribution in [3.05, 3.63) is 59.9 Å². The molecule has 0 saturated carbocycles. The van der Waals surface area contributed by atoms with E-state index < -0.39 is 0 Å². The Morgan fingerprint density at radius 1 is 1.05 bits per heavy atom. The third-order valence-electron chi connectivity index (χ3n) is 3.26. The summed E-state index contributed by atoms with van der Waals surface area (Å²) in [5.41, 5.74) is 2.47. The second-order valence-corrected chi connectivity index (χ2v) is 4.55. The van der Waals surface area contributed by atoms with Gasteiger partial charge in [-0.15, -0.1) is 0 Å². The number of Topliss-reactive ketones (excluding diaryl/α,β-unsaturated/α-hetero) is 1. The van der Waals surface area contributed by atoms with Crippen molar-refractivity contribution in [2.75, 3.05) is 11.4 Å². The first-order chi connectivity index (χ1) is 9.65. The molecule has 0 aliphatic rings. The van der Waals surface area contributed by atoms with Gasteiger partial charge in [-0.1, -0.05) is 13.0 Å². The molecule has 0 saturated heterocycles. The van der Waals surface area contributed by atoms with Crippen LogP contribution in [0.15, 0.2) is 48.5 Å². The highest BCUT2D eigenvalue weighted by molar-refractivity contribution is 5.96. The van der Waals surface area contributed by atoms with Crippen LogP contribution in [0.4, 0.5) is 15.8 Å². The lowest BCUT2D eigenvalue weighted by molar-refractivity contribution is 0.0988. The van der Waals surface area contributed by atoms with Gasteiger partial charge in [-0.05, 0) is 49.4 Å². The summed E-state index contributed by atoms with van der Waals surface area (Å²) < 4.78 is 13.3. The van der Waals surface area contributed by atoms with Gasteiger partial charge in [0.15, 0.2) is 5.78 Å². The number of rotatable bonds is 5. The van der Waals surface area contributed by atoms with Gasteiger partial charge in [-0.25, -0.2) is 4.39 Å². The normalized spacial score (nSPS) is 10.3. The van der Waals surface area contributed by atoms with Gasteiger partial charge >= 0.3 is 0 Å². The van der Waals surface area contributed by atoms with Gasteiger partial charge < -0.3 is 4.90 Å². The van der Waals surface area contributed by atoms with E-state index >= 15 is 0 Å². The number of nitrogens with zero attached hydrogens (tertiary/aromatic N) is 1. The van der Waals surface area contributed by atoms with Crippen molar-refractivity contribution >= 4 is 17.2 Å². The lowest BCUT2D eigenvalue weighted by Gasteiger charge is -2.23. The topological polar surface area (TPSA) is 20.3 Å². The quantitative estimate of drug-likeness (QED) is 0.742. The summed E-state index contributed by atoms with van der Waals surface area (Å²) in [6.07, 6.45) is 0.501. The molecule has 0 aliphatic carbocycles. The highest BCUT2D eigenvalue weighted by atomic mass is 19.1. The maximum Gasteiger partial charge on any atom is 0.162 e. The average Bonchev–Trinajstić information content (AvgIpc) is 2.48. The lowest BCUT2D eigenvalue weighted by Crippen LogP contribution is -2.16. The number of benzene rings is 2. The van der Waals surface area contributed by atoms with E-state index in [1.807, 2.05) is 49.1 Å². The third kappa shape index (κ3) is 3.05. The maximum absolute atomic E-state index is 13.3. The summed E-state index contributed by atoms with van der Waals surface area (Å²) in [5, 5.41) is 0. The molecule has 0 heterocycles. The zero-order valence-corrected chi connectivity index (χ0v) is 11.8. The summed E-state index contributed by atoms with van der Waals surface area (Å²) in [5.74, 6) is -0.121. The minimum atomic E-state index is -0.251. The van der Waals surface area contributed by atoms with E-state index in [4.69, 9.17) is 0 Å². The Balaban J connectivity index is 2.30. The van der Waals surface area contributed by atoms with Gasteiger partial charge in [-0.3, -0.25) is 4.79 Å². The number of anilines is 2. The molecule has 0 N–H and O–H groups in total. The van der Waals surface area contributed by atoms with Crippen LogP contribution in [0.2, 0.25) is 0 Å². The molecule has 104 valence electrons. The Bertz CT molecular complexity index is 592. The largest absolute Gasteiger partial charge is 0.342 e. The Hall–Kier alpha value is -2.16. The molecule has 0 fully saturated rings. The molecule has 0 atom stereocenters. The van der Waals surface area contributed by atoms with Crippen LogP contribution in [0.1, 0.15) is 30.6 Å². The zero-order valence-electron chi connectivity index (χ0n) is 11.8. The lowest BCUT2D eigenvalue weighted by atomic mass is 10.1. The van der Waals surface area contributed by atoms with Gasteiger partial charge in [0.1, 0.15) is 5.82 Å². The number of carbonyl (C=O) groups excluding carboxylic acids is 1. The van der Waals surface area contributed by atoms with Crippen molar-refractivity contribution in [2.24, 2.45) is 0 Å². The number of carbonyl (C=O) groups is 1. The summed E-state index contributed by atoms with van der Waals surface area (Å²) in [6.45, 7) is 4.59. The van der Waals surface area contributed by atoms with Gasteiger partial charge in [0.2, 0.25) is 0 Å². The minimum absolute atomic E-state index is 0.130. The first-order valence-corrected chi connectivity index (χ1v) is 6.82. The second kappa shape index (κ2) is 6.33. The van der Waals surface area contributed by atoms with E-state index in [9.17, 15) is 9.18 Å². The first-order valence-electron chi connectivity index (χ1n) is 6.82. The summed E-state index contributed by atoms with van der Waals surface area (Å²) in [4.78, 5) is 13.6. The molecular formula is C17H18FNO. The van der Waals surface area contributed by atoms with Crippen molar-refractivity contribution in [1.82, 2.24) is 0 Å². The van der Waals surface area contributed by atoms with Crippen molar-refractivity contribution in [3.63, 3.8) is 0 Å². The second-order valence-electron chi connectivity index (χ2n) is 4.55. The van der Waals surface area contributed by atoms with E-state index in [1.54, 1.807) is 6.07 Å². The van der Waals surface area contributed by atoms with Crippen LogP contribution in [0.25, 0.3) is 0 Å². The molecule has 0 radical (unpaired) electrons. The smallest absolute Gasteiger partial charge is 0.162 e. The standard InChI is InChI=1S/C17H18FNO/c1-3-17(20)13-8-10-15(11-9-13)19(4-2)16-7-5-6-14(18)12-16/h5-12H,3-4H2,1-2H3. The van der Waals surface area contributed by atoms with Crippen molar-refractivity contribution in [3.8, 4) is 0 Å². The maximum atomic E-state index is 13.3. The molecule has 0 spiro atoms. The molecule has 2 aromatic rings. The van der Waals surface area contributed by atoms with Gasteiger partial charge in [0.25, 0.3) is 0 Å². The fourth-order valence-corrected chi connectivity index (χ4v) is 2.19. The third-order valence-corrected chi connectivity index (χ3v) is 3.26. The fourth-order valence-electron chi connectivity index (χ4n) is 2.19. The molecule has 0 aromatic heterocycles. The Labute approximate surface area is 118 Å². The van der Waals surface area contributed by atoms with Gasteiger partial charge in [-0.2, -0.15) is 0 Å². The molecule has 2 nitrogen and oxygen atoms in total. The zero-order chi connectivity index (χ0) is 14.5. The summed E-state index contributed by atoms with van der Waals surface area (Å²) >= 11 is 0. The fraction of sp³-hybridized carbons (Fsp3) is 0.235. The van der Waals surface area contributed by atoms with Crippen LogP contribution in [0.5, 0.6) is 0 Å². The van der Waals surface area contributed by atoms with Gasteiger partial charge in [0, 0.05) is 29.9 Å². The summed E-state index contributed by atoms with van der Waals surface area (Å²) in [7, 11) is 0. The summed E-state index contributed by atoms with van der Waals surface area (Å²) in [6, 6.07) is 14.0. The molecule has 2 aromatic carbocycles. The number of hydrogen-bond donors (Lipinski definition) is 0. The number of hydrogen-bond acceptors (Lipinski definition) is 2. The van der Waals surface area contributed by atoms with E-state index in [0.717, 1.165) is 17.9 Å². The van der Waals surface area contributed by atoms with E-state index in [2.05, 4.69) is 0 Å². The Morgan fingerprint density at radius 2 is 1.75 bits per heavy atom. The number of halogens is 1. The SMILES string of the molecule is CCC(=O)c1ccc(N(CC)c2cccc(F)c2)cc1. The van der Waals surface area contributed by atoms with Crippen LogP contribution < -0.4 is 4.90 Å². The van der Waals surface area contributed by atoms with Crippen LogP contribution in [-0.2, 0) is 0 Å². The molecule has 0 bridgehead atoms. The molecular weight excluding hydrogens is 253 g/mol. The van der Waals surface area contributed by atoms with Crippen LogP contribution in [-0.4, -0.2) is 12.3 Å². The van der Waals surface area contributed by atoms with E-state index in [0.29, 0.717) is 12.0 Å². The molecule has 2 rings (SSSR count). The van der Waals surface area contributed by atoms with Crippen LogP contribution in [0.3, 0.4) is 0 Å². The molecule has 0 unspecified atom stereocenters. The molecule has 3 heteroatoms. The molecule has 0 aliphatic heterocycles. The minimum Gasteiger partial charge on any atom is -0.342 e. The predicted octanol–water partition coefficient (Wildman–Crippen LogP) is 4.58. The van der Waals surface area contributed by atoms with Crippen LogP contribution in [0, 0.1) is 5.82 Å². The molecule has 0 amide bonds. The van der Waals surface area contributed by atoms with Gasteiger partial charge in [0.05, 0.1) is 0 Å². The van der Waals surface area contributed by atoms with Crippen LogP contribution >= 0.6 is 0 Å². The Morgan fingerprint density at radius 3 is 2.30 bits per heavy atom. The highest BCUT2D eigenvalue weighted by Crippen LogP contribution is 2.26. The number of ketones is 1. The van der Waals surface area contributed by atoms with E-state index in [-0.39, 0.29) is 11.6 Å². The van der Waals surface area contributed by atoms with E-state index in [1.165, 1.54) is 12.1 Å². The Kier molecular flexibility index (Phi) is 4.51. The average molecular weight is 271 g/mol. The van der Waals surface area contributed by atoms with Crippen molar-refractivity contribution in [2.45, 2.75) is 20.3 Å². The highest BCUT2D eigenvalue weighted by Gasteiger charge is 2.09. The van der Waals surface area contributed by atoms with Crippen molar-refractivity contribution in [1.29, 1.82) is 0 Å². The van der Waals surface area contributed by atoms with Crippen molar-refractivity contribution < 1.29 is 9.18 Å². The monoisotopic (exact) mass is 271 g/mol. The first kappa shape index (κ1) is 14.3. The predicted molar refractivity (Wildman–Crippen MR) is 80.1 cm³/mol.